The molecule has 1 unspecified atom stereocenters. The fourth-order valence-electron chi connectivity index (χ4n) is 4.30. The quantitative estimate of drug-likeness (QED) is 0.492. The highest BCUT2D eigenvalue weighted by atomic mass is 35.5. The number of hydrogen-bond donors (Lipinski definition) is 1. The zero-order valence-electron chi connectivity index (χ0n) is 19.5. The molecule has 180 valence electrons. The first kappa shape index (κ1) is 25.5. The number of amides is 1. The highest BCUT2D eigenvalue weighted by molar-refractivity contribution is 7.92. The Bertz CT molecular complexity index is 1030. The molecule has 0 saturated carbocycles. The molecule has 8 heteroatoms. The number of nitrogens with one attached hydrogen (secondary N) is 1. The molecule has 1 fully saturated rings. The van der Waals surface area contributed by atoms with Crippen LogP contribution in [0.25, 0.3) is 0 Å². The van der Waals surface area contributed by atoms with Gasteiger partial charge in [0.05, 0.1) is 10.6 Å². The number of benzene rings is 2. The minimum Gasteiger partial charge on any atom is -0.354 e. The van der Waals surface area contributed by atoms with Crippen molar-refractivity contribution in [2.24, 2.45) is 0 Å². The predicted molar refractivity (Wildman–Crippen MR) is 134 cm³/mol. The average Bonchev–Trinajstić information content (AvgIpc) is 2.80. The minimum absolute atomic E-state index is 0.136. The maximum Gasteiger partial charge on any atom is 0.264 e. The van der Waals surface area contributed by atoms with Gasteiger partial charge in [0, 0.05) is 24.2 Å². The van der Waals surface area contributed by atoms with Gasteiger partial charge in [-0.25, -0.2) is 8.42 Å². The zero-order chi connectivity index (χ0) is 23.8. The smallest absolute Gasteiger partial charge is 0.264 e. The number of carbonyl (C=O) groups excluding carboxylic acids is 1. The zero-order valence-corrected chi connectivity index (χ0v) is 21.0. The molecule has 1 amide bonds. The van der Waals surface area contributed by atoms with Crippen LogP contribution in [0.5, 0.6) is 0 Å². The molecule has 0 radical (unpaired) electrons. The fourth-order valence-corrected chi connectivity index (χ4v) is 5.89. The van der Waals surface area contributed by atoms with Crippen molar-refractivity contribution in [2.75, 3.05) is 30.5 Å². The van der Waals surface area contributed by atoms with Gasteiger partial charge < -0.3 is 10.2 Å². The lowest BCUT2D eigenvalue weighted by Gasteiger charge is -2.35. The summed E-state index contributed by atoms with van der Waals surface area (Å²) < 4.78 is 27.9. The van der Waals surface area contributed by atoms with Gasteiger partial charge in [0.1, 0.15) is 6.54 Å². The van der Waals surface area contributed by atoms with E-state index in [0.717, 1.165) is 35.8 Å². The fraction of sp³-hybridized carbons (Fsp3) is 0.480. The Kier molecular flexibility index (Phi) is 9.18. The lowest BCUT2D eigenvalue weighted by Crippen LogP contribution is -2.43. The van der Waals surface area contributed by atoms with E-state index < -0.39 is 10.0 Å². The first-order valence-electron chi connectivity index (χ1n) is 11.7. The molecule has 33 heavy (non-hydrogen) atoms. The second-order valence-electron chi connectivity index (χ2n) is 8.60. The van der Waals surface area contributed by atoms with Crippen LogP contribution in [0, 0.1) is 6.92 Å². The van der Waals surface area contributed by atoms with Crippen molar-refractivity contribution in [1.29, 1.82) is 0 Å². The maximum atomic E-state index is 13.4. The first-order valence-corrected chi connectivity index (χ1v) is 13.5. The number of sulfonamides is 1. The summed E-state index contributed by atoms with van der Waals surface area (Å²) in [6, 6.07) is 13.8. The first-order chi connectivity index (χ1) is 15.8. The van der Waals surface area contributed by atoms with E-state index in [1.807, 2.05) is 6.92 Å². The van der Waals surface area contributed by atoms with Crippen molar-refractivity contribution in [2.45, 2.75) is 56.9 Å². The molecule has 1 saturated heterocycles. The van der Waals surface area contributed by atoms with Crippen molar-refractivity contribution in [3.63, 3.8) is 0 Å². The molecule has 0 aliphatic carbocycles. The standard InChI is InChI=1S/C25H34ClN3O3S/c1-3-22-9-4-5-16-28(22)17-7-15-27-25(30)19-29(23-10-6-8-21(26)18-23)33(31,32)24-13-11-20(2)12-14-24/h6,8,10-14,18,22H,3-5,7,9,15-17,19H2,1-2H3,(H,27,30). The summed E-state index contributed by atoms with van der Waals surface area (Å²) in [4.78, 5) is 15.4. The highest BCUT2D eigenvalue weighted by Gasteiger charge is 2.27. The summed E-state index contributed by atoms with van der Waals surface area (Å²) in [5, 5.41) is 3.30. The Hall–Kier alpha value is -2.09. The molecule has 3 rings (SSSR count). The lowest BCUT2D eigenvalue weighted by molar-refractivity contribution is -0.119. The van der Waals surface area contributed by atoms with Crippen LogP contribution in [-0.4, -0.2) is 51.4 Å². The van der Waals surface area contributed by atoms with E-state index in [-0.39, 0.29) is 17.3 Å². The molecule has 1 N–H and O–H groups in total. The van der Waals surface area contributed by atoms with Crippen LogP contribution in [0.2, 0.25) is 5.02 Å². The highest BCUT2D eigenvalue weighted by Crippen LogP contribution is 2.26. The lowest BCUT2D eigenvalue weighted by atomic mass is 10.00. The summed E-state index contributed by atoms with van der Waals surface area (Å²) >= 11 is 6.12. The monoisotopic (exact) mass is 491 g/mol. The summed E-state index contributed by atoms with van der Waals surface area (Å²) in [7, 11) is -3.94. The molecule has 1 atom stereocenters. The normalized spacial score (nSPS) is 17.0. The minimum atomic E-state index is -3.94. The number of likely N-dealkylation sites (tertiary alicyclic amines) is 1. The summed E-state index contributed by atoms with van der Waals surface area (Å²) in [5.74, 6) is -0.337. The van der Waals surface area contributed by atoms with Gasteiger partial charge in [0.2, 0.25) is 5.91 Å². The number of halogens is 1. The molecular formula is C25H34ClN3O3S. The van der Waals surface area contributed by atoms with E-state index in [1.165, 1.54) is 19.3 Å². The number of anilines is 1. The van der Waals surface area contributed by atoms with Gasteiger partial charge in [0.25, 0.3) is 10.0 Å². The second kappa shape index (κ2) is 11.9. The van der Waals surface area contributed by atoms with Crippen molar-refractivity contribution in [1.82, 2.24) is 10.2 Å². The van der Waals surface area contributed by atoms with Gasteiger partial charge in [-0.2, -0.15) is 0 Å². The summed E-state index contributed by atoms with van der Waals surface area (Å²) in [5.41, 5.74) is 1.32. The molecule has 0 spiro atoms. The van der Waals surface area contributed by atoms with E-state index in [1.54, 1.807) is 48.5 Å². The van der Waals surface area contributed by atoms with Gasteiger partial charge in [-0.15, -0.1) is 0 Å². The number of hydrogen-bond acceptors (Lipinski definition) is 4. The number of rotatable bonds is 10. The topological polar surface area (TPSA) is 69.7 Å². The Morgan fingerprint density at radius 3 is 2.64 bits per heavy atom. The van der Waals surface area contributed by atoms with E-state index in [2.05, 4.69) is 17.1 Å². The molecule has 1 heterocycles. The Morgan fingerprint density at radius 1 is 1.18 bits per heavy atom. The third-order valence-corrected chi connectivity index (χ3v) is 8.18. The molecule has 6 nitrogen and oxygen atoms in total. The molecule has 2 aromatic carbocycles. The number of aryl methyl sites for hydroxylation is 1. The number of carbonyl (C=O) groups is 1. The molecule has 1 aliphatic heterocycles. The van der Waals surface area contributed by atoms with Gasteiger partial charge in [0.15, 0.2) is 0 Å². The van der Waals surface area contributed by atoms with Gasteiger partial charge >= 0.3 is 0 Å². The van der Waals surface area contributed by atoms with Crippen LogP contribution in [0.15, 0.2) is 53.4 Å². The summed E-state index contributed by atoms with van der Waals surface area (Å²) in [6.45, 7) is 6.38. The molecule has 2 aromatic rings. The van der Waals surface area contributed by atoms with E-state index in [9.17, 15) is 13.2 Å². The van der Waals surface area contributed by atoms with Crippen LogP contribution in [0.4, 0.5) is 5.69 Å². The molecule has 1 aliphatic rings. The van der Waals surface area contributed by atoms with Crippen LogP contribution in [0.1, 0.15) is 44.6 Å². The Labute approximate surface area is 203 Å². The number of nitrogens with zero attached hydrogens (tertiary/aromatic N) is 2. The maximum absolute atomic E-state index is 13.4. The van der Waals surface area contributed by atoms with Gasteiger partial charge in [-0.05, 0) is 69.5 Å². The van der Waals surface area contributed by atoms with Crippen LogP contribution in [0.3, 0.4) is 0 Å². The molecule has 0 aromatic heterocycles. The van der Waals surface area contributed by atoms with Crippen LogP contribution >= 0.6 is 11.6 Å². The SMILES string of the molecule is CCC1CCCCN1CCCNC(=O)CN(c1cccc(Cl)c1)S(=O)(=O)c1ccc(C)cc1. The predicted octanol–water partition coefficient (Wildman–Crippen LogP) is 4.61. The van der Waals surface area contributed by atoms with Crippen molar-refractivity contribution in [3.8, 4) is 0 Å². The molecule has 0 bridgehead atoms. The average molecular weight is 492 g/mol. The van der Waals surface area contributed by atoms with Crippen molar-refractivity contribution < 1.29 is 13.2 Å². The van der Waals surface area contributed by atoms with Gasteiger partial charge in [-0.1, -0.05) is 48.7 Å². The van der Waals surface area contributed by atoms with Gasteiger partial charge in [-0.3, -0.25) is 9.10 Å². The van der Waals surface area contributed by atoms with Crippen molar-refractivity contribution >= 4 is 33.2 Å². The largest absolute Gasteiger partial charge is 0.354 e. The summed E-state index contributed by atoms with van der Waals surface area (Å²) in [6.07, 6.45) is 5.76. The van der Waals surface area contributed by atoms with E-state index in [0.29, 0.717) is 23.3 Å². The Morgan fingerprint density at radius 2 is 1.94 bits per heavy atom. The van der Waals surface area contributed by atoms with Crippen molar-refractivity contribution in [3.05, 3.63) is 59.1 Å². The third-order valence-electron chi connectivity index (χ3n) is 6.16. The Balaban J connectivity index is 1.66. The van der Waals surface area contributed by atoms with Crippen LogP contribution in [-0.2, 0) is 14.8 Å². The second-order valence-corrected chi connectivity index (χ2v) is 10.9. The molecular weight excluding hydrogens is 458 g/mol. The number of piperidine rings is 1. The van der Waals surface area contributed by atoms with E-state index >= 15 is 0 Å². The third kappa shape index (κ3) is 6.95. The van der Waals surface area contributed by atoms with E-state index in [4.69, 9.17) is 11.6 Å². The van der Waals surface area contributed by atoms with Crippen LogP contribution < -0.4 is 9.62 Å².